The second-order valence-corrected chi connectivity index (χ2v) is 16.4. The van der Waals surface area contributed by atoms with Gasteiger partial charge in [-0.05, 0) is 72.8 Å². The van der Waals surface area contributed by atoms with Gasteiger partial charge in [-0.3, -0.25) is 4.57 Å². The Labute approximate surface area is 365 Å². The molecule has 0 bridgehead atoms. The van der Waals surface area contributed by atoms with Gasteiger partial charge in [0.25, 0.3) is 0 Å². The summed E-state index contributed by atoms with van der Waals surface area (Å²) in [6.07, 6.45) is 0. The van der Waals surface area contributed by atoms with E-state index in [0.29, 0.717) is 17.6 Å². The van der Waals surface area contributed by atoms with Gasteiger partial charge in [-0.1, -0.05) is 133 Å². The van der Waals surface area contributed by atoms with Crippen molar-refractivity contribution < 1.29 is 4.42 Å². The molecule has 5 aromatic heterocycles. The molecule has 0 N–H and O–H groups in total. The Bertz CT molecular complexity index is 4190. The summed E-state index contributed by atoms with van der Waals surface area (Å²) in [6.45, 7) is 0. The van der Waals surface area contributed by atoms with E-state index in [1.807, 2.05) is 54.6 Å². The highest BCUT2D eigenvalue weighted by Gasteiger charge is 2.24. The van der Waals surface area contributed by atoms with Crippen LogP contribution in [0.1, 0.15) is 0 Å². The van der Waals surface area contributed by atoms with Gasteiger partial charge >= 0.3 is 0 Å². The van der Waals surface area contributed by atoms with Gasteiger partial charge in [0.05, 0.1) is 33.1 Å². The molecule has 0 spiro atoms. The van der Waals surface area contributed by atoms with Gasteiger partial charge in [0.15, 0.2) is 11.6 Å². The molecule has 9 aromatic carbocycles. The second-order valence-electron chi connectivity index (χ2n) is 16.4. The average Bonchev–Trinajstić information content (AvgIpc) is 4.10. The largest absolute Gasteiger partial charge is 0.456 e. The van der Waals surface area contributed by atoms with Crippen LogP contribution in [-0.4, -0.2) is 28.7 Å². The van der Waals surface area contributed by atoms with Gasteiger partial charge in [0.2, 0.25) is 5.95 Å². The number of furan rings is 1. The van der Waals surface area contributed by atoms with Crippen molar-refractivity contribution in [2.24, 2.45) is 0 Å². The molecular formula is C57H34N6O. The molecule has 14 aromatic rings. The normalized spacial score (nSPS) is 12.1. The molecular weight excluding hydrogens is 785 g/mol. The molecule has 7 nitrogen and oxygen atoms in total. The third-order valence-electron chi connectivity index (χ3n) is 12.9. The summed E-state index contributed by atoms with van der Waals surface area (Å²) in [5.74, 6) is 1.71. The zero-order valence-corrected chi connectivity index (χ0v) is 34.2. The zero-order valence-electron chi connectivity index (χ0n) is 34.2. The maximum Gasteiger partial charge on any atom is 0.238 e. The van der Waals surface area contributed by atoms with Crippen LogP contribution in [-0.2, 0) is 0 Å². The van der Waals surface area contributed by atoms with E-state index in [0.717, 1.165) is 82.8 Å². The summed E-state index contributed by atoms with van der Waals surface area (Å²) in [6, 6.07) is 72.6. The highest BCUT2D eigenvalue weighted by atomic mass is 16.3. The fourth-order valence-corrected chi connectivity index (χ4v) is 10.1. The number of aromatic nitrogens is 6. The summed E-state index contributed by atoms with van der Waals surface area (Å²) >= 11 is 0. The van der Waals surface area contributed by atoms with Crippen LogP contribution in [0.3, 0.4) is 0 Å². The fraction of sp³-hybridized carbons (Fsp3) is 0. The topological polar surface area (TPSA) is 66.6 Å². The van der Waals surface area contributed by atoms with E-state index >= 15 is 0 Å². The molecule has 0 saturated carbocycles. The van der Waals surface area contributed by atoms with Crippen LogP contribution in [0, 0.1) is 0 Å². The van der Waals surface area contributed by atoms with Crippen molar-refractivity contribution in [1.82, 2.24) is 28.7 Å². The molecule has 14 rings (SSSR count). The lowest BCUT2D eigenvalue weighted by atomic mass is 10.1. The summed E-state index contributed by atoms with van der Waals surface area (Å²) in [4.78, 5) is 15.7. The van der Waals surface area contributed by atoms with Crippen molar-refractivity contribution in [2.75, 3.05) is 0 Å². The maximum absolute atomic E-state index is 6.34. The van der Waals surface area contributed by atoms with E-state index in [1.165, 1.54) is 27.1 Å². The van der Waals surface area contributed by atoms with Crippen LogP contribution < -0.4 is 0 Å². The summed E-state index contributed by atoms with van der Waals surface area (Å²) < 4.78 is 13.4. The molecule has 0 atom stereocenters. The molecule has 0 saturated heterocycles. The Balaban J connectivity index is 1.03. The first kappa shape index (κ1) is 34.9. The van der Waals surface area contributed by atoms with Crippen molar-refractivity contribution in [1.29, 1.82) is 0 Å². The summed E-state index contributed by atoms with van der Waals surface area (Å²) in [5, 5.41) is 9.22. The lowest BCUT2D eigenvalue weighted by molar-refractivity contribution is 0.669. The van der Waals surface area contributed by atoms with E-state index < -0.39 is 0 Å². The van der Waals surface area contributed by atoms with E-state index in [4.69, 9.17) is 19.4 Å². The third kappa shape index (κ3) is 5.00. The number of benzene rings is 9. The highest BCUT2D eigenvalue weighted by Crippen LogP contribution is 2.43. The minimum atomic E-state index is 0.544. The molecule has 5 heterocycles. The smallest absolute Gasteiger partial charge is 0.238 e. The molecule has 7 heteroatoms. The average molecular weight is 819 g/mol. The van der Waals surface area contributed by atoms with Gasteiger partial charge in [-0.25, -0.2) is 4.98 Å². The molecule has 0 aliphatic heterocycles. The predicted octanol–water partition coefficient (Wildman–Crippen LogP) is 14.4. The molecule has 0 fully saturated rings. The van der Waals surface area contributed by atoms with Crippen LogP contribution in [0.15, 0.2) is 211 Å². The van der Waals surface area contributed by atoms with Gasteiger partial charge in [0.1, 0.15) is 11.2 Å². The number of hydrogen-bond acceptors (Lipinski definition) is 4. The zero-order chi connectivity index (χ0) is 41.9. The van der Waals surface area contributed by atoms with E-state index in [1.54, 1.807) is 0 Å². The first-order chi connectivity index (χ1) is 31.7. The van der Waals surface area contributed by atoms with Gasteiger partial charge < -0.3 is 13.6 Å². The minimum absolute atomic E-state index is 0.544. The Morgan fingerprint density at radius 2 is 0.812 bits per heavy atom. The molecule has 0 amide bonds. The van der Waals surface area contributed by atoms with E-state index in [2.05, 4.69) is 165 Å². The molecule has 0 aliphatic carbocycles. The number of hydrogen-bond donors (Lipinski definition) is 0. The van der Waals surface area contributed by atoms with Crippen molar-refractivity contribution in [3.8, 4) is 40.1 Å². The van der Waals surface area contributed by atoms with Crippen LogP contribution in [0.5, 0.6) is 0 Å². The van der Waals surface area contributed by atoms with E-state index in [9.17, 15) is 0 Å². The number of rotatable bonds is 5. The van der Waals surface area contributed by atoms with Crippen molar-refractivity contribution in [2.45, 2.75) is 0 Å². The molecule has 0 radical (unpaired) electrons. The fourth-order valence-electron chi connectivity index (χ4n) is 10.1. The van der Waals surface area contributed by atoms with Crippen LogP contribution >= 0.6 is 0 Å². The van der Waals surface area contributed by atoms with Gasteiger partial charge in [-0.2, -0.15) is 9.97 Å². The number of fused-ring (bicyclic) bond motifs is 13. The second kappa shape index (κ2) is 13.3. The maximum atomic E-state index is 6.34. The van der Waals surface area contributed by atoms with Crippen LogP contribution in [0.25, 0.3) is 127 Å². The monoisotopic (exact) mass is 818 g/mol. The molecule has 0 aliphatic rings. The SMILES string of the molecule is c1ccc(-c2nc(-c3ccc4c(c3)oc3ccccc34)nc(-n3c4ccccc4c4c5c6ccccc6n(-c6ccc7c8ccccc8n(-c8ccccc8)c7c6)c5ccc43)n2)cc1. The molecule has 298 valence electrons. The first-order valence-corrected chi connectivity index (χ1v) is 21.5. The standard InChI is InChI=1S/C57H34N6O/c1-3-15-35(16-4-1)55-58-56(36-27-29-42-41-20-10-14-26-51(41)64-52(42)33-36)60-57(59-55)63-47-25-13-9-22-44(47)54-49(63)32-31-48-53(54)43-21-8-12-24-46(43)62(48)38-28-30-40-39-19-7-11-23-45(39)61(50(40)34-38)37-17-5-2-6-18-37/h1-34H. The van der Waals surface area contributed by atoms with E-state index in [-0.39, 0.29) is 0 Å². The lowest BCUT2D eigenvalue weighted by Crippen LogP contribution is -2.06. The van der Waals surface area contributed by atoms with Crippen LogP contribution in [0.4, 0.5) is 0 Å². The summed E-state index contributed by atoms with van der Waals surface area (Å²) in [7, 11) is 0. The Kier molecular flexibility index (Phi) is 7.27. The Hall–Kier alpha value is -8.81. The quantitative estimate of drug-likeness (QED) is 0.173. The third-order valence-corrected chi connectivity index (χ3v) is 12.9. The Morgan fingerprint density at radius 3 is 1.55 bits per heavy atom. The van der Waals surface area contributed by atoms with Gasteiger partial charge in [0, 0.05) is 65.6 Å². The highest BCUT2D eigenvalue weighted by molar-refractivity contribution is 6.29. The van der Waals surface area contributed by atoms with Crippen molar-refractivity contribution in [3.05, 3.63) is 206 Å². The Morgan fingerprint density at radius 1 is 0.297 bits per heavy atom. The van der Waals surface area contributed by atoms with Crippen molar-refractivity contribution in [3.63, 3.8) is 0 Å². The van der Waals surface area contributed by atoms with Crippen LogP contribution in [0.2, 0.25) is 0 Å². The lowest BCUT2D eigenvalue weighted by Gasteiger charge is -2.12. The first-order valence-electron chi connectivity index (χ1n) is 21.5. The number of para-hydroxylation sites is 5. The van der Waals surface area contributed by atoms with Gasteiger partial charge in [-0.15, -0.1) is 0 Å². The summed E-state index contributed by atoms with van der Waals surface area (Å²) in [5.41, 5.74) is 12.3. The molecule has 64 heavy (non-hydrogen) atoms. The van der Waals surface area contributed by atoms with Crippen molar-refractivity contribution >= 4 is 87.4 Å². The minimum Gasteiger partial charge on any atom is -0.456 e. The predicted molar refractivity (Wildman–Crippen MR) is 261 cm³/mol. The number of nitrogens with zero attached hydrogens (tertiary/aromatic N) is 6. The molecule has 0 unspecified atom stereocenters.